The van der Waals surface area contributed by atoms with Gasteiger partial charge in [-0.25, -0.2) is 0 Å². The third-order valence-electron chi connectivity index (χ3n) is 1.76. The number of nitrogens with zero attached hydrogens (tertiary/aromatic N) is 3. The van der Waals surface area contributed by atoms with Gasteiger partial charge in [0.2, 0.25) is 0 Å². The maximum absolute atomic E-state index is 10.9. The molecule has 0 aliphatic carbocycles. The summed E-state index contributed by atoms with van der Waals surface area (Å²) in [5, 5.41) is 32.7. The zero-order valence-electron chi connectivity index (χ0n) is 6.78. The van der Waals surface area contributed by atoms with E-state index in [1.165, 1.54) is 12.1 Å². The minimum Gasteiger partial charge on any atom is -0.743 e. The summed E-state index contributed by atoms with van der Waals surface area (Å²) in [6.07, 6.45) is 0. The van der Waals surface area contributed by atoms with E-state index >= 15 is 0 Å². The van der Waals surface area contributed by atoms with E-state index in [1.54, 1.807) is 0 Å². The van der Waals surface area contributed by atoms with Gasteiger partial charge in [-0.2, -0.15) is 4.94 Å². The molecule has 8 heteroatoms. The topological polar surface area (TPSA) is 114 Å². The molecule has 0 saturated carbocycles. The van der Waals surface area contributed by atoms with Crippen LogP contribution in [0.15, 0.2) is 18.2 Å². The van der Waals surface area contributed by atoms with Crippen LogP contribution in [0.1, 0.15) is 0 Å². The van der Waals surface area contributed by atoms with Gasteiger partial charge in [0.1, 0.15) is 0 Å². The fraction of sp³-hybridized carbons (Fsp3) is 0. The lowest BCUT2D eigenvalue weighted by Gasteiger charge is -2.26. The zero-order chi connectivity index (χ0) is 10.3. The Morgan fingerprint density at radius 1 is 1.21 bits per heavy atom. The van der Waals surface area contributed by atoms with Gasteiger partial charge >= 0.3 is 0 Å². The maximum atomic E-state index is 10.9. The number of fused-ring (bicyclic) bond motifs is 1. The number of benzene rings is 1. The molecule has 76 valence electrons. The van der Waals surface area contributed by atoms with Gasteiger partial charge in [-0.1, -0.05) is 0 Å². The van der Waals surface area contributed by atoms with Crippen LogP contribution < -0.4 is 21.5 Å². The fourth-order valence-corrected chi connectivity index (χ4v) is 1.10. The number of hydrogen-bond acceptors (Lipinski definition) is 8. The summed E-state index contributed by atoms with van der Waals surface area (Å²) in [5.74, 6) is 4.91. The van der Waals surface area contributed by atoms with Crippen LogP contribution in [0.25, 0.3) is 0 Å². The SMILES string of the molecule is NN([O-])c1ccc2c(c1)N([O-])ON2[O-]. The summed E-state index contributed by atoms with van der Waals surface area (Å²) in [6.45, 7) is 0. The van der Waals surface area contributed by atoms with Crippen molar-refractivity contribution in [2.75, 3.05) is 15.6 Å². The molecule has 8 nitrogen and oxygen atoms in total. The van der Waals surface area contributed by atoms with E-state index in [0.717, 1.165) is 6.07 Å². The second kappa shape index (κ2) is 2.97. The van der Waals surface area contributed by atoms with Crippen molar-refractivity contribution in [3.63, 3.8) is 0 Å². The van der Waals surface area contributed by atoms with E-state index in [9.17, 15) is 15.6 Å². The van der Waals surface area contributed by atoms with Crippen LogP contribution in [0.4, 0.5) is 17.1 Å². The number of hydrazine groups is 1. The molecule has 0 atom stereocenters. The quantitative estimate of drug-likeness (QED) is 0.506. The first-order valence-corrected chi connectivity index (χ1v) is 3.58. The molecule has 1 aromatic carbocycles. The van der Waals surface area contributed by atoms with Crippen molar-refractivity contribution in [2.24, 2.45) is 5.84 Å². The fourth-order valence-electron chi connectivity index (χ4n) is 1.10. The van der Waals surface area contributed by atoms with E-state index in [0.29, 0.717) is 0 Å². The zero-order valence-corrected chi connectivity index (χ0v) is 6.78. The number of anilines is 3. The molecule has 0 aromatic heterocycles. The van der Waals surface area contributed by atoms with Crippen LogP contribution in [0, 0.1) is 15.6 Å². The minimum absolute atomic E-state index is 0.00926. The second-order valence-corrected chi connectivity index (χ2v) is 2.59. The second-order valence-electron chi connectivity index (χ2n) is 2.59. The normalized spacial score (nSPS) is 14.6. The summed E-state index contributed by atoms with van der Waals surface area (Å²) >= 11 is 0. The van der Waals surface area contributed by atoms with E-state index < -0.39 is 0 Å². The first kappa shape index (κ1) is 8.99. The summed E-state index contributed by atoms with van der Waals surface area (Å²) in [6, 6.07) is 3.74. The Kier molecular flexibility index (Phi) is 1.91. The Balaban J connectivity index is 2.45. The van der Waals surface area contributed by atoms with Gasteiger partial charge in [0, 0.05) is 5.69 Å². The molecule has 1 aromatic rings. The van der Waals surface area contributed by atoms with Crippen molar-refractivity contribution in [2.45, 2.75) is 0 Å². The summed E-state index contributed by atoms with van der Waals surface area (Å²) in [7, 11) is 0. The Morgan fingerprint density at radius 3 is 2.50 bits per heavy atom. The van der Waals surface area contributed by atoms with Gasteiger partial charge in [0.15, 0.2) is 0 Å². The van der Waals surface area contributed by atoms with Gasteiger partial charge in [-0.3, -0.25) is 16.3 Å². The molecular weight excluding hydrogens is 192 g/mol. The summed E-state index contributed by atoms with van der Waals surface area (Å²) in [4.78, 5) is 4.16. The van der Waals surface area contributed by atoms with Gasteiger partial charge in [-0.15, -0.1) is 0 Å². The lowest BCUT2D eigenvalue weighted by atomic mass is 10.2. The molecule has 1 aliphatic rings. The van der Waals surface area contributed by atoms with Crippen LogP contribution in [0.3, 0.4) is 0 Å². The third kappa shape index (κ3) is 1.23. The number of rotatable bonds is 1. The predicted octanol–water partition coefficient (Wildman–Crippen LogP) is 0.333. The van der Waals surface area contributed by atoms with Gasteiger partial charge < -0.3 is 20.8 Å². The van der Waals surface area contributed by atoms with Gasteiger partial charge in [0.05, 0.1) is 11.4 Å². The number of hydrogen-bond donors (Lipinski definition) is 1. The Hall–Kier alpha value is -1.58. The molecule has 0 spiro atoms. The van der Waals surface area contributed by atoms with E-state index in [2.05, 4.69) is 4.94 Å². The molecule has 0 unspecified atom stereocenters. The largest absolute Gasteiger partial charge is 0.743 e. The Labute approximate surface area is 78.3 Å². The first-order chi connectivity index (χ1) is 6.59. The van der Waals surface area contributed by atoms with Crippen LogP contribution in [-0.2, 0) is 4.94 Å². The summed E-state index contributed by atoms with van der Waals surface area (Å²) < 4.78 is 0. The molecule has 1 heterocycles. The van der Waals surface area contributed by atoms with Crippen molar-refractivity contribution in [1.29, 1.82) is 0 Å². The standard InChI is InChI=1S/C6H5N4O4/c7-8(11)4-1-2-5-6(3-4)10(13)14-9(5)12/h1-3H,7H2/q-3. The highest BCUT2D eigenvalue weighted by atomic mass is 17.1. The van der Waals surface area contributed by atoms with Crippen LogP contribution >= 0.6 is 0 Å². The van der Waals surface area contributed by atoms with Crippen LogP contribution in [0.2, 0.25) is 0 Å². The predicted molar refractivity (Wildman–Crippen MR) is 49.3 cm³/mol. The lowest BCUT2D eigenvalue weighted by Crippen LogP contribution is -2.22. The molecule has 0 fully saturated rings. The van der Waals surface area contributed by atoms with Crippen molar-refractivity contribution >= 4 is 17.1 Å². The molecule has 0 bridgehead atoms. The van der Waals surface area contributed by atoms with E-state index in [-0.39, 0.29) is 32.7 Å². The Morgan fingerprint density at radius 2 is 1.86 bits per heavy atom. The van der Waals surface area contributed by atoms with Gasteiger partial charge in [0.25, 0.3) is 0 Å². The van der Waals surface area contributed by atoms with Crippen molar-refractivity contribution < 1.29 is 4.94 Å². The maximum Gasteiger partial charge on any atom is 0.0804 e. The molecule has 0 amide bonds. The highest BCUT2D eigenvalue weighted by Gasteiger charge is 2.16. The third-order valence-corrected chi connectivity index (χ3v) is 1.76. The average molecular weight is 197 g/mol. The highest BCUT2D eigenvalue weighted by molar-refractivity contribution is 5.77. The summed E-state index contributed by atoms with van der Waals surface area (Å²) in [5.41, 5.74) is 0.0397. The Bertz CT molecular complexity index is 358. The number of nitrogens with two attached hydrogens (primary N) is 1. The van der Waals surface area contributed by atoms with Crippen LogP contribution in [-0.4, -0.2) is 0 Å². The minimum atomic E-state index is -0.0520. The first-order valence-electron chi connectivity index (χ1n) is 3.58. The molecule has 0 radical (unpaired) electrons. The van der Waals surface area contributed by atoms with Crippen LogP contribution in [0.5, 0.6) is 0 Å². The molecule has 2 rings (SSSR count). The highest BCUT2D eigenvalue weighted by Crippen LogP contribution is 2.37. The molecule has 2 N–H and O–H groups in total. The van der Waals surface area contributed by atoms with Crippen molar-refractivity contribution in [3.8, 4) is 0 Å². The lowest BCUT2D eigenvalue weighted by molar-refractivity contribution is 0.150. The molecule has 14 heavy (non-hydrogen) atoms. The average Bonchev–Trinajstić information content (AvgIpc) is 2.42. The molecule has 1 aliphatic heterocycles. The monoisotopic (exact) mass is 197 g/mol. The smallest absolute Gasteiger partial charge is 0.0804 e. The molecular formula is C6H5N4O4-3. The van der Waals surface area contributed by atoms with E-state index in [1.807, 2.05) is 0 Å². The van der Waals surface area contributed by atoms with Gasteiger partial charge in [-0.05, 0) is 18.2 Å². The molecule has 0 saturated heterocycles. The van der Waals surface area contributed by atoms with Crippen molar-refractivity contribution in [3.05, 3.63) is 33.8 Å². The van der Waals surface area contributed by atoms with E-state index in [4.69, 9.17) is 5.84 Å². The van der Waals surface area contributed by atoms with Crippen molar-refractivity contribution in [1.82, 2.24) is 0 Å².